The Labute approximate surface area is 194 Å². The Kier molecular flexibility index (Phi) is 7.02. The average Bonchev–Trinajstić information content (AvgIpc) is 3.22. The van der Waals surface area contributed by atoms with Crippen LogP contribution in [-0.2, 0) is 14.8 Å². The van der Waals surface area contributed by atoms with Crippen molar-refractivity contribution in [2.24, 2.45) is 0 Å². The minimum Gasteiger partial charge on any atom is -0.373 e. The lowest BCUT2D eigenvalue weighted by Gasteiger charge is -2.38. The summed E-state index contributed by atoms with van der Waals surface area (Å²) in [5, 5.41) is 0. The first kappa shape index (κ1) is 23.7. The maximum atomic E-state index is 13.3. The second kappa shape index (κ2) is 9.79. The highest BCUT2D eigenvalue weighted by atomic mass is 32.2. The topological polar surface area (TPSA) is 79.0 Å². The van der Waals surface area contributed by atoms with E-state index in [0.717, 1.165) is 32.5 Å². The number of amides is 1. The number of halogens is 1. The standard InChI is InChI=1S/C24H30FN3O4S/c1-17-14-27(15-18(2)32-17)16-22-6-4-12-28(22)24(29)19-5-3-7-23(13-19)33(30,31)26-21-10-8-20(25)9-11-21/h3,5,7-11,13,17-18,22,26H,4,6,12,14-16H2,1-2H3. The zero-order valence-electron chi connectivity index (χ0n) is 18.9. The normalized spacial score (nSPS) is 24.1. The summed E-state index contributed by atoms with van der Waals surface area (Å²) in [6, 6.07) is 11.2. The van der Waals surface area contributed by atoms with Crippen LogP contribution in [0.1, 0.15) is 37.0 Å². The van der Waals surface area contributed by atoms with E-state index in [1.165, 1.54) is 36.4 Å². The van der Waals surface area contributed by atoms with E-state index in [4.69, 9.17) is 4.74 Å². The molecule has 33 heavy (non-hydrogen) atoms. The van der Waals surface area contributed by atoms with Crippen LogP contribution in [0.2, 0.25) is 0 Å². The molecule has 0 saturated carbocycles. The second-order valence-corrected chi connectivity index (χ2v) is 10.6. The van der Waals surface area contributed by atoms with Crippen LogP contribution >= 0.6 is 0 Å². The molecule has 2 saturated heterocycles. The van der Waals surface area contributed by atoms with Gasteiger partial charge in [0.1, 0.15) is 5.82 Å². The van der Waals surface area contributed by atoms with Crippen LogP contribution in [0.4, 0.5) is 10.1 Å². The Bertz CT molecular complexity index is 1080. The second-order valence-electron chi connectivity index (χ2n) is 8.91. The number of hydrogen-bond donors (Lipinski definition) is 1. The number of nitrogens with one attached hydrogen (secondary N) is 1. The molecule has 1 amide bonds. The fourth-order valence-corrected chi connectivity index (χ4v) is 5.82. The van der Waals surface area contributed by atoms with Crippen molar-refractivity contribution in [3.05, 3.63) is 59.9 Å². The molecule has 3 unspecified atom stereocenters. The van der Waals surface area contributed by atoms with E-state index in [-0.39, 0.29) is 34.7 Å². The molecule has 2 aliphatic rings. The highest BCUT2D eigenvalue weighted by molar-refractivity contribution is 7.92. The summed E-state index contributed by atoms with van der Waals surface area (Å²) in [7, 11) is -3.92. The van der Waals surface area contributed by atoms with E-state index in [0.29, 0.717) is 12.1 Å². The molecule has 2 heterocycles. The number of carbonyl (C=O) groups excluding carboxylic acids is 1. The predicted octanol–water partition coefficient (Wildman–Crippen LogP) is 3.34. The Balaban J connectivity index is 1.48. The van der Waals surface area contributed by atoms with Crippen LogP contribution in [0.3, 0.4) is 0 Å². The fraction of sp³-hybridized carbons (Fsp3) is 0.458. The van der Waals surface area contributed by atoms with Gasteiger partial charge in [-0.15, -0.1) is 0 Å². The van der Waals surface area contributed by atoms with Gasteiger partial charge in [0.15, 0.2) is 0 Å². The van der Waals surface area contributed by atoms with Gasteiger partial charge in [-0.25, -0.2) is 12.8 Å². The minimum absolute atomic E-state index is 0.00995. The number of rotatable bonds is 6. The molecule has 9 heteroatoms. The molecule has 2 aromatic rings. The minimum atomic E-state index is -3.92. The van der Waals surface area contributed by atoms with Gasteiger partial charge in [0.25, 0.3) is 15.9 Å². The molecule has 178 valence electrons. The summed E-state index contributed by atoms with van der Waals surface area (Å²) < 4.78 is 47.0. The van der Waals surface area contributed by atoms with Crippen molar-refractivity contribution >= 4 is 21.6 Å². The van der Waals surface area contributed by atoms with Gasteiger partial charge in [-0.1, -0.05) is 6.07 Å². The summed E-state index contributed by atoms with van der Waals surface area (Å²) in [6.45, 7) is 7.24. The van der Waals surface area contributed by atoms with E-state index >= 15 is 0 Å². The van der Waals surface area contributed by atoms with Crippen molar-refractivity contribution in [1.82, 2.24) is 9.80 Å². The van der Waals surface area contributed by atoms with E-state index in [1.807, 2.05) is 4.90 Å². The third-order valence-electron chi connectivity index (χ3n) is 6.09. The number of hydrogen-bond acceptors (Lipinski definition) is 5. The van der Waals surface area contributed by atoms with Crippen molar-refractivity contribution in [3.63, 3.8) is 0 Å². The SMILES string of the molecule is CC1CN(CC2CCCN2C(=O)c2cccc(S(=O)(=O)Nc3ccc(F)cc3)c2)CC(C)O1. The summed E-state index contributed by atoms with van der Waals surface area (Å²) in [5.74, 6) is -0.614. The van der Waals surface area contributed by atoms with Gasteiger partial charge in [-0.05, 0) is 69.2 Å². The van der Waals surface area contributed by atoms with Crippen LogP contribution in [0.15, 0.2) is 53.4 Å². The molecule has 0 aromatic heterocycles. The van der Waals surface area contributed by atoms with Crippen LogP contribution in [-0.4, -0.2) is 68.6 Å². The number of likely N-dealkylation sites (tertiary alicyclic amines) is 1. The number of nitrogens with zero attached hydrogens (tertiary/aromatic N) is 2. The number of carbonyl (C=O) groups is 1. The average molecular weight is 476 g/mol. The lowest BCUT2D eigenvalue weighted by Crippen LogP contribution is -2.50. The third kappa shape index (κ3) is 5.72. The molecule has 2 aromatic carbocycles. The Morgan fingerprint density at radius 1 is 1.12 bits per heavy atom. The molecule has 1 N–H and O–H groups in total. The molecule has 3 atom stereocenters. The molecule has 2 fully saturated rings. The quantitative estimate of drug-likeness (QED) is 0.693. The van der Waals surface area contributed by atoms with E-state index in [1.54, 1.807) is 12.1 Å². The maximum Gasteiger partial charge on any atom is 0.261 e. The van der Waals surface area contributed by atoms with Gasteiger partial charge >= 0.3 is 0 Å². The first-order chi connectivity index (χ1) is 15.7. The van der Waals surface area contributed by atoms with Crippen molar-refractivity contribution in [3.8, 4) is 0 Å². The van der Waals surface area contributed by atoms with Gasteiger partial charge in [0.05, 0.1) is 17.1 Å². The highest BCUT2D eigenvalue weighted by Gasteiger charge is 2.33. The van der Waals surface area contributed by atoms with Crippen LogP contribution in [0.5, 0.6) is 0 Å². The zero-order valence-corrected chi connectivity index (χ0v) is 19.7. The van der Waals surface area contributed by atoms with Crippen LogP contribution < -0.4 is 4.72 Å². The highest BCUT2D eigenvalue weighted by Crippen LogP contribution is 2.24. The van der Waals surface area contributed by atoms with Crippen molar-refractivity contribution in [1.29, 1.82) is 0 Å². The first-order valence-electron chi connectivity index (χ1n) is 11.3. The van der Waals surface area contributed by atoms with E-state index in [2.05, 4.69) is 23.5 Å². The number of ether oxygens (including phenoxy) is 1. The molecule has 2 aliphatic heterocycles. The van der Waals surface area contributed by atoms with Gasteiger partial charge < -0.3 is 9.64 Å². The Morgan fingerprint density at radius 2 is 1.82 bits per heavy atom. The van der Waals surface area contributed by atoms with Gasteiger partial charge in [-0.2, -0.15) is 0 Å². The molecule has 0 radical (unpaired) electrons. The number of benzene rings is 2. The van der Waals surface area contributed by atoms with Gasteiger partial charge in [0, 0.05) is 43.5 Å². The summed E-state index contributed by atoms with van der Waals surface area (Å²) in [6.07, 6.45) is 2.18. The lowest BCUT2D eigenvalue weighted by molar-refractivity contribution is -0.0715. The molecular weight excluding hydrogens is 445 g/mol. The third-order valence-corrected chi connectivity index (χ3v) is 7.47. The summed E-state index contributed by atoms with van der Waals surface area (Å²) in [5.41, 5.74) is 0.592. The Morgan fingerprint density at radius 3 is 2.52 bits per heavy atom. The number of morpholine rings is 1. The lowest BCUT2D eigenvalue weighted by atomic mass is 10.1. The van der Waals surface area contributed by atoms with Crippen molar-refractivity contribution < 1.29 is 22.3 Å². The van der Waals surface area contributed by atoms with E-state index in [9.17, 15) is 17.6 Å². The molecule has 4 rings (SSSR count). The monoisotopic (exact) mass is 475 g/mol. The fourth-order valence-electron chi connectivity index (χ4n) is 4.72. The van der Waals surface area contributed by atoms with Crippen molar-refractivity contribution in [2.45, 2.75) is 49.8 Å². The van der Waals surface area contributed by atoms with Gasteiger partial charge in [0.2, 0.25) is 0 Å². The van der Waals surface area contributed by atoms with Crippen LogP contribution in [0.25, 0.3) is 0 Å². The largest absolute Gasteiger partial charge is 0.373 e. The van der Waals surface area contributed by atoms with Crippen molar-refractivity contribution in [2.75, 3.05) is 30.9 Å². The molecule has 0 bridgehead atoms. The predicted molar refractivity (Wildman–Crippen MR) is 124 cm³/mol. The van der Waals surface area contributed by atoms with E-state index < -0.39 is 15.8 Å². The summed E-state index contributed by atoms with van der Waals surface area (Å²) in [4.78, 5) is 17.5. The molecule has 0 spiro atoms. The first-order valence-corrected chi connectivity index (χ1v) is 12.8. The number of anilines is 1. The van der Waals surface area contributed by atoms with Gasteiger partial charge in [-0.3, -0.25) is 14.4 Å². The molecule has 0 aliphatic carbocycles. The zero-order chi connectivity index (χ0) is 23.6. The molecular formula is C24H30FN3O4S. The van der Waals surface area contributed by atoms with Crippen LogP contribution in [0, 0.1) is 5.82 Å². The Hall–Kier alpha value is -2.49. The maximum absolute atomic E-state index is 13.3. The number of sulfonamides is 1. The summed E-state index contributed by atoms with van der Waals surface area (Å²) >= 11 is 0. The molecule has 7 nitrogen and oxygen atoms in total. The smallest absolute Gasteiger partial charge is 0.261 e.